The van der Waals surface area contributed by atoms with E-state index in [1.165, 1.54) is 29.2 Å². The highest BCUT2D eigenvalue weighted by atomic mass is 35.5. The summed E-state index contributed by atoms with van der Waals surface area (Å²) in [4.78, 5) is 14.2. The van der Waals surface area contributed by atoms with Crippen molar-refractivity contribution in [1.82, 2.24) is 9.21 Å². The number of rotatable bonds is 3. The molecule has 0 radical (unpaired) electrons. The Morgan fingerprint density at radius 2 is 1.83 bits per heavy atom. The largest absolute Gasteiger partial charge is 0.378 e. The maximum absolute atomic E-state index is 13.9. The van der Waals surface area contributed by atoms with Gasteiger partial charge >= 0.3 is 0 Å². The van der Waals surface area contributed by atoms with Gasteiger partial charge in [-0.25, -0.2) is 12.8 Å². The summed E-state index contributed by atoms with van der Waals surface area (Å²) < 4.78 is 45.7. The number of sulfonamides is 1. The fraction of sp³-hybridized carbons (Fsp3) is 0.533. The molecule has 1 amide bonds. The Balaban J connectivity index is 1.86. The Labute approximate surface area is 145 Å². The summed E-state index contributed by atoms with van der Waals surface area (Å²) in [7, 11) is -3.97. The number of carbonyl (C=O) groups excluding carboxylic acids is 1. The fourth-order valence-electron chi connectivity index (χ4n) is 2.98. The Morgan fingerprint density at radius 3 is 2.46 bits per heavy atom. The van der Waals surface area contributed by atoms with Crippen molar-refractivity contribution in [3.63, 3.8) is 0 Å². The zero-order chi connectivity index (χ0) is 17.3. The lowest BCUT2D eigenvalue weighted by Crippen LogP contribution is -2.50. The summed E-state index contributed by atoms with van der Waals surface area (Å²) >= 11 is 5.78. The van der Waals surface area contributed by atoms with Crippen molar-refractivity contribution in [3.05, 3.63) is 29.3 Å². The van der Waals surface area contributed by atoms with Gasteiger partial charge in [0.15, 0.2) is 0 Å². The molecular weight excluding hydrogens is 359 g/mol. The van der Waals surface area contributed by atoms with Crippen molar-refractivity contribution >= 4 is 27.5 Å². The van der Waals surface area contributed by atoms with Crippen molar-refractivity contribution in [2.24, 2.45) is 0 Å². The lowest BCUT2D eigenvalue weighted by atomic mass is 10.2. The normalized spacial score (nSPS) is 25.8. The van der Waals surface area contributed by atoms with Crippen LogP contribution in [0.2, 0.25) is 5.02 Å². The molecule has 2 atom stereocenters. The Morgan fingerprint density at radius 1 is 1.21 bits per heavy atom. The van der Waals surface area contributed by atoms with E-state index >= 15 is 0 Å². The first kappa shape index (κ1) is 17.6. The molecule has 3 rings (SSSR count). The second-order valence-corrected chi connectivity index (χ2v) is 8.14. The molecule has 0 unspecified atom stereocenters. The Kier molecular flexibility index (Phi) is 5.10. The molecule has 2 heterocycles. The molecule has 0 aromatic heterocycles. The van der Waals surface area contributed by atoms with Gasteiger partial charge in [0.05, 0.1) is 18.1 Å². The van der Waals surface area contributed by atoms with Gasteiger partial charge in [-0.3, -0.25) is 4.79 Å². The maximum atomic E-state index is 13.9. The van der Waals surface area contributed by atoms with Crippen LogP contribution in [0.25, 0.3) is 0 Å². The number of alkyl halides is 1. The quantitative estimate of drug-likeness (QED) is 0.797. The summed E-state index contributed by atoms with van der Waals surface area (Å²) in [5.41, 5.74) is 0. The van der Waals surface area contributed by atoms with E-state index in [-0.39, 0.29) is 23.8 Å². The number of hydrogen-bond donors (Lipinski definition) is 0. The number of nitrogens with zero attached hydrogens (tertiary/aromatic N) is 2. The van der Waals surface area contributed by atoms with Gasteiger partial charge in [0.1, 0.15) is 12.2 Å². The number of benzene rings is 1. The Hall–Kier alpha value is -1.22. The molecule has 0 saturated carbocycles. The van der Waals surface area contributed by atoms with Crippen molar-refractivity contribution in [1.29, 1.82) is 0 Å². The van der Waals surface area contributed by atoms with Gasteiger partial charge in [-0.05, 0) is 24.3 Å². The monoisotopic (exact) mass is 376 g/mol. The molecule has 1 aromatic rings. The van der Waals surface area contributed by atoms with Crippen LogP contribution in [-0.4, -0.2) is 68.6 Å². The van der Waals surface area contributed by atoms with Crippen LogP contribution in [0.3, 0.4) is 0 Å². The average Bonchev–Trinajstić information content (AvgIpc) is 2.98. The van der Waals surface area contributed by atoms with Crippen LogP contribution in [0.5, 0.6) is 0 Å². The lowest BCUT2D eigenvalue weighted by Gasteiger charge is -2.32. The van der Waals surface area contributed by atoms with Gasteiger partial charge in [-0.1, -0.05) is 11.6 Å². The molecule has 6 nitrogen and oxygen atoms in total. The molecule has 132 valence electrons. The molecule has 2 saturated heterocycles. The summed E-state index contributed by atoms with van der Waals surface area (Å²) in [6, 6.07) is 4.62. The minimum atomic E-state index is -3.97. The van der Waals surface area contributed by atoms with E-state index in [4.69, 9.17) is 16.3 Å². The average molecular weight is 377 g/mol. The molecular formula is C15H18ClFN2O4S. The summed E-state index contributed by atoms with van der Waals surface area (Å²) in [5, 5.41) is 0.402. The molecule has 24 heavy (non-hydrogen) atoms. The van der Waals surface area contributed by atoms with Crippen LogP contribution in [-0.2, 0) is 19.6 Å². The molecule has 0 bridgehead atoms. The van der Waals surface area contributed by atoms with E-state index in [0.717, 1.165) is 4.31 Å². The Bertz CT molecular complexity index is 707. The zero-order valence-corrected chi connectivity index (χ0v) is 14.5. The van der Waals surface area contributed by atoms with E-state index in [0.29, 0.717) is 31.3 Å². The molecule has 0 aliphatic carbocycles. The predicted molar refractivity (Wildman–Crippen MR) is 86.0 cm³/mol. The summed E-state index contributed by atoms with van der Waals surface area (Å²) in [6.07, 6.45) is -1.48. The topological polar surface area (TPSA) is 66.9 Å². The number of carbonyl (C=O) groups is 1. The molecule has 2 fully saturated rings. The van der Waals surface area contributed by atoms with Crippen LogP contribution in [0.4, 0.5) is 4.39 Å². The molecule has 9 heteroatoms. The minimum Gasteiger partial charge on any atom is -0.378 e. The summed E-state index contributed by atoms with van der Waals surface area (Å²) in [5.74, 6) is -0.365. The minimum absolute atomic E-state index is 0.000720. The molecule has 0 N–H and O–H groups in total. The zero-order valence-electron chi connectivity index (χ0n) is 12.9. The van der Waals surface area contributed by atoms with E-state index < -0.39 is 22.2 Å². The third-order valence-electron chi connectivity index (χ3n) is 4.23. The number of amides is 1. The van der Waals surface area contributed by atoms with E-state index in [1.54, 1.807) is 0 Å². The van der Waals surface area contributed by atoms with E-state index in [2.05, 4.69) is 0 Å². The van der Waals surface area contributed by atoms with Crippen molar-refractivity contribution in [2.45, 2.75) is 23.5 Å². The van der Waals surface area contributed by atoms with Gasteiger partial charge in [0.25, 0.3) is 0 Å². The smallest absolute Gasteiger partial charge is 0.243 e. The molecule has 2 aliphatic rings. The first-order valence-corrected chi connectivity index (χ1v) is 9.49. The maximum Gasteiger partial charge on any atom is 0.243 e. The van der Waals surface area contributed by atoms with Crippen molar-refractivity contribution in [3.8, 4) is 0 Å². The standard InChI is InChI=1S/C15H18ClFN2O4S/c16-11-1-3-13(4-2-11)24(21,22)19-10-12(17)9-14(19)15(20)18-5-7-23-8-6-18/h1-4,12,14H,5-10H2/t12-,14-/m1/s1. The van der Waals surface area contributed by atoms with Gasteiger partial charge in [0, 0.05) is 31.1 Å². The fourth-order valence-corrected chi connectivity index (χ4v) is 4.73. The van der Waals surface area contributed by atoms with Gasteiger partial charge in [0.2, 0.25) is 15.9 Å². The number of halogens is 2. The second-order valence-electron chi connectivity index (χ2n) is 5.82. The van der Waals surface area contributed by atoms with Crippen molar-refractivity contribution in [2.75, 3.05) is 32.8 Å². The highest BCUT2D eigenvalue weighted by molar-refractivity contribution is 7.89. The van der Waals surface area contributed by atoms with E-state index in [1.807, 2.05) is 0 Å². The van der Waals surface area contributed by atoms with Gasteiger partial charge in [-0.2, -0.15) is 4.31 Å². The summed E-state index contributed by atoms with van der Waals surface area (Å²) in [6.45, 7) is 1.27. The van der Waals surface area contributed by atoms with Crippen molar-refractivity contribution < 1.29 is 22.3 Å². The number of hydrogen-bond acceptors (Lipinski definition) is 4. The first-order chi connectivity index (χ1) is 11.4. The highest BCUT2D eigenvalue weighted by Crippen LogP contribution is 2.29. The van der Waals surface area contributed by atoms with Crippen LogP contribution in [0, 0.1) is 0 Å². The van der Waals surface area contributed by atoms with E-state index in [9.17, 15) is 17.6 Å². The third kappa shape index (κ3) is 3.42. The van der Waals surface area contributed by atoms with Crippen LogP contribution in [0.15, 0.2) is 29.2 Å². The predicted octanol–water partition coefficient (Wildman–Crippen LogP) is 1.30. The SMILES string of the molecule is O=C([C@H]1C[C@@H](F)CN1S(=O)(=O)c1ccc(Cl)cc1)N1CCOCC1. The van der Waals surface area contributed by atoms with Gasteiger partial charge < -0.3 is 9.64 Å². The molecule has 1 aromatic carbocycles. The highest BCUT2D eigenvalue weighted by Gasteiger charge is 2.45. The van der Waals surface area contributed by atoms with Crippen LogP contribution >= 0.6 is 11.6 Å². The third-order valence-corrected chi connectivity index (χ3v) is 6.37. The van der Waals surface area contributed by atoms with Gasteiger partial charge in [-0.15, -0.1) is 0 Å². The second kappa shape index (κ2) is 6.95. The first-order valence-electron chi connectivity index (χ1n) is 7.67. The molecule has 2 aliphatic heterocycles. The molecule has 0 spiro atoms. The number of ether oxygens (including phenoxy) is 1. The lowest BCUT2D eigenvalue weighted by molar-refractivity contribution is -0.138. The van der Waals surface area contributed by atoms with Crippen LogP contribution < -0.4 is 0 Å². The van der Waals surface area contributed by atoms with Crippen LogP contribution in [0.1, 0.15) is 6.42 Å². The number of morpholine rings is 1.